The molecular formula is C21H27Cl2N. The topological polar surface area (TPSA) is 3.24 Å². The molecule has 2 aromatic carbocycles. The van der Waals surface area contributed by atoms with Gasteiger partial charge in [0, 0.05) is 19.1 Å². The van der Waals surface area contributed by atoms with Gasteiger partial charge in [-0.25, -0.2) is 0 Å². The predicted octanol–water partition coefficient (Wildman–Crippen LogP) is 6.92. The summed E-state index contributed by atoms with van der Waals surface area (Å²) in [5, 5.41) is 1.68. The molecule has 1 nitrogen and oxygen atoms in total. The van der Waals surface area contributed by atoms with Crippen molar-refractivity contribution in [2.45, 2.75) is 45.4 Å². The average Bonchev–Trinajstić information content (AvgIpc) is 2.53. The van der Waals surface area contributed by atoms with E-state index in [0.29, 0.717) is 11.8 Å². The highest BCUT2D eigenvalue weighted by Gasteiger charge is 2.12. The SMILES string of the molecule is CC(C)c1ccc(Cl)c(CCC(C)c2ccc(N(C)C)c(Cl)c2)c1. The van der Waals surface area contributed by atoms with E-state index in [4.69, 9.17) is 23.2 Å². The van der Waals surface area contributed by atoms with Gasteiger partial charge in [0.05, 0.1) is 10.7 Å². The maximum atomic E-state index is 6.40. The Hall–Kier alpha value is -1.18. The largest absolute Gasteiger partial charge is 0.376 e. The van der Waals surface area contributed by atoms with Crippen LogP contribution in [0.3, 0.4) is 0 Å². The zero-order valence-electron chi connectivity index (χ0n) is 15.2. The van der Waals surface area contributed by atoms with Gasteiger partial charge in [0.15, 0.2) is 0 Å². The third-order valence-electron chi connectivity index (χ3n) is 4.61. The van der Waals surface area contributed by atoms with E-state index >= 15 is 0 Å². The number of aryl methyl sites for hydroxylation is 1. The lowest BCUT2D eigenvalue weighted by atomic mass is 9.92. The number of hydrogen-bond donors (Lipinski definition) is 0. The van der Waals surface area contributed by atoms with Crippen molar-refractivity contribution in [1.29, 1.82) is 0 Å². The minimum Gasteiger partial charge on any atom is -0.376 e. The molecule has 0 radical (unpaired) electrons. The highest BCUT2D eigenvalue weighted by molar-refractivity contribution is 6.33. The molecule has 130 valence electrons. The number of anilines is 1. The van der Waals surface area contributed by atoms with E-state index in [2.05, 4.69) is 51.1 Å². The van der Waals surface area contributed by atoms with Gasteiger partial charge in [-0.3, -0.25) is 0 Å². The highest BCUT2D eigenvalue weighted by atomic mass is 35.5. The van der Waals surface area contributed by atoms with E-state index in [0.717, 1.165) is 28.6 Å². The molecule has 0 saturated heterocycles. The van der Waals surface area contributed by atoms with Crippen LogP contribution in [-0.4, -0.2) is 14.1 Å². The van der Waals surface area contributed by atoms with Crippen LogP contribution in [-0.2, 0) is 6.42 Å². The summed E-state index contributed by atoms with van der Waals surface area (Å²) < 4.78 is 0. The lowest BCUT2D eigenvalue weighted by Gasteiger charge is -2.18. The lowest BCUT2D eigenvalue weighted by molar-refractivity contribution is 0.678. The highest BCUT2D eigenvalue weighted by Crippen LogP contribution is 2.31. The molecule has 0 fully saturated rings. The molecule has 0 aromatic heterocycles. The number of hydrogen-bond acceptors (Lipinski definition) is 1. The minimum absolute atomic E-state index is 0.442. The molecule has 0 N–H and O–H groups in total. The fraction of sp³-hybridized carbons (Fsp3) is 0.429. The monoisotopic (exact) mass is 363 g/mol. The molecule has 0 bridgehead atoms. The van der Waals surface area contributed by atoms with Crippen molar-refractivity contribution in [1.82, 2.24) is 0 Å². The molecule has 2 rings (SSSR count). The van der Waals surface area contributed by atoms with E-state index in [1.807, 2.05) is 25.1 Å². The van der Waals surface area contributed by atoms with Gasteiger partial charge in [-0.15, -0.1) is 0 Å². The smallest absolute Gasteiger partial charge is 0.0642 e. The molecule has 0 aliphatic heterocycles. The summed E-state index contributed by atoms with van der Waals surface area (Å²) in [5.41, 5.74) is 4.92. The van der Waals surface area contributed by atoms with Crippen molar-refractivity contribution in [3.63, 3.8) is 0 Å². The van der Waals surface area contributed by atoms with Crippen LogP contribution in [0.25, 0.3) is 0 Å². The van der Waals surface area contributed by atoms with E-state index in [-0.39, 0.29) is 0 Å². The molecule has 1 unspecified atom stereocenters. The van der Waals surface area contributed by atoms with Gasteiger partial charge < -0.3 is 4.90 Å². The molecule has 2 aromatic rings. The van der Waals surface area contributed by atoms with Gasteiger partial charge in [0.2, 0.25) is 0 Å². The van der Waals surface area contributed by atoms with Gasteiger partial charge in [-0.2, -0.15) is 0 Å². The number of rotatable bonds is 6. The molecule has 0 saturated carbocycles. The van der Waals surface area contributed by atoms with Gasteiger partial charge in [0.25, 0.3) is 0 Å². The van der Waals surface area contributed by atoms with E-state index in [1.54, 1.807) is 0 Å². The molecule has 0 aliphatic carbocycles. The van der Waals surface area contributed by atoms with Crippen LogP contribution in [0.2, 0.25) is 10.0 Å². The van der Waals surface area contributed by atoms with Gasteiger partial charge in [0.1, 0.15) is 0 Å². The Bertz CT molecular complexity index is 692. The van der Waals surface area contributed by atoms with Gasteiger partial charge in [-0.1, -0.05) is 62.2 Å². The summed E-state index contributed by atoms with van der Waals surface area (Å²) in [6.45, 7) is 6.68. The molecular weight excluding hydrogens is 337 g/mol. The normalized spacial score (nSPS) is 12.5. The fourth-order valence-corrected chi connectivity index (χ4v) is 3.45. The standard InChI is InChI=1S/C21H27Cl2N/c1-14(2)16-8-10-19(22)18(12-16)7-6-15(3)17-9-11-21(24(4)5)20(23)13-17/h8-15H,6-7H2,1-5H3. The van der Waals surface area contributed by atoms with Gasteiger partial charge >= 0.3 is 0 Å². The first kappa shape index (κ1) is 19.1. The molecule has 0 spiro atoms. The van der Waals surface area contributed by atoms with Crippen molar-refractivity contribution in [2.24, 2.45) is 0 Å². The summed E-state index contributed by atoms with van der Waals surface area (Å²) >= 11 is 12.8. The van der Waals surface area contributed by atoms with Crippen LogP contribution >= 0.6 is 23.2 Å². The third kappa shape index (κ3) is 4.68. The molecule has 0 heterocycles. The average molecular weight is 364 g/mol. The summed E-state index contributed by atoms with van der Waals surface area (Å²) in [5.74, 6) is 0.966. The maximum Gasteiger partial charge on any atom is 0.0642 e. The number of nitrogens with zero attached hydrogens (tertiary/aromatic N) is 1. The Balaban J connectivity index is 2.09. The van der Waals surface area contributed by atoms with E-state index in [9.17, 15) is 0 Å². The first-order valence-corrected chi connectivity index (χ1v) is 9.30. The molecule has 0 amide bonds. The van der Waals surface area contributed by atoms with Crippen LogP contribution in [0.1, 0.15) is 55.7 Å². The predicted molar refractivity (Wildman–Crippen MR) is 108 cm³/mol. The van der Waals surface area contributed by atoms with Crippen LogP contribution in [0.4, 0.5) is 5.69 Å². The van der Waals surface area contributed by atoms with Crippen LogP contribution in [0.15, 0.2) is 36.4 Å². The number of halogens is 2. The molecule has 3 heteroatoms. The summed E-state index contributed by atoms with van der Waals surface area (Å²) in [7, 11) is 4.02. The zero-order valence-corrected chi connectivity index (χ0v) is 16.7. The van der Waals surface area contributed by atoms with Crippen molar-refractivity contribution >= 4 is 28.9 Å². The zero-order chi connectivity index (χ0) is 17.9. The van der Waals surface area contributed by atoms with Crippen molar-refractivity contribution in [2.75, 3.05) is 19.0 Å². The van der Waals surface area contributed by atoms with Crippen molar-refractivity contribution in [3.05, 3.63) is 63.1 Å². The van der Waals surface area contributed by atoms with Crippen molar-refractivity contribution < 1.29 is 0 Å². The van der Waals surface area contributed by atoms with E-state index in [1.165, 1.54) is 16.7 Å². The Labute approximate surface area is 156 Å². The summed E-state index contributed by atoms with van der Waals surface area (Å²) in [6, 6.07) is 12.8. The Morgan fingerprint density at radius 3 is 2.12 bits per heavy atom. The Morgan fingerprint density at radius 1 is 0.875 bits per heavy atom. The quantitative estimate of drug-likeness (QED) is 0.538. The second-order valence-corrected chi connectivity index (χ2v) is 7.86. The van der Waals surface area contributed by atoms with Crippen LogP contribution in [0.5, 0.6) is 0 Å². The Morgan fingerprint density at radius 2 is 1.54 bits per heavy atom. The maximum absolute atomic E-state index is 6.40. The lowest BCUT2D eigenvalue weighted by Crippen LogP contribution is -2.09. The molecule has 1 atom stereocenters. The third-order valence-corrected chi connectivity index (χ3v) is 5.28. The number of benzene rings is 2. The second-order valence-electron chi connectivity index (χ2n) is 7.05. The first-order chi connectivity index (χ1) is 11.3. The molecule has 0 aliphatic rings. The van der Waals surface area contributed by atoms with Crippen molar-refractivity contribution in [3.8, 4) is 0 Å². The van der Waals surface area contributed by atoms with Crippen LogP contribution in [0, 0.1) is 0 Å². The van der Waals surface area contributed by atoms with E-state index < -0.39 is 0 Å². The van der Waals surface area contributed by atoms with Crippen LogP contribution < -0.4 is 4.90 Å². The summed E-state index contributed by atoms with van der Waals surface area (Å²) in [4.78, 5) is 2.04. The minimum atomic E-state index is 0.442. The second kappa shape index (κ2) is 8.27. The molecule has 24 heavy (non-hydrogen) atoms. The van der Waals surface area contributed by atoms with Gasteiger partial charge in [-0.05, 0) is 59.6 Å². The fourth-order valence-electron chi connectivity index (χ4n) is 2.88. The summed E-state index contributed by atoms with van der Waals surface area (Å²) in [6.07, 6.45) is 2.03. The first-order valence-electron chi connectivity index (χ1n) is 8.54. The Kier molecular flexibility index (Phi) is 6.60.